The van der Waals surface area contributed by atoms with Crippen molar-refractivity contribution in [3.63, 3.8) is 0 Å². The van der Waals surface area contributed by atoms with E-state index in [-0.39, 0.29) is 0 Å². The SMILES string of the molecule is CCCCCCCCCC[Si](Oc1cccc2ccccc12)(c1cccc2ccccc12)c1cccc2ccccc12. The Hall–Kier alpha value is -3.88. The molecule has 0 heterocycles. The molecule has 0 saturated carbocycles. The fourth-order valence-corrected chi connectivity index (χ4v) is 11.2. The lowest BCUT2D eigenvalue weighted by Gasteiger charge is -2.35. The summed E-state index contributed by atoms with van der Waals surface area (Å²) >= 11 is 0. The van der Waals surface area contributed by atoms with E-state index in [0.717, 1.165) is 18.2 Å². The van der Waals surface area contributed by atoms with Crippen LogP contribution >= 0.6 is 0 Å². The van der Waals surface area contributed by atoms with E-state index < -0.39 is 8.32 Å². The van der Waals surface area contributed by atoms with Crippen molar-refractivity contribution in [2.24, 2.45) is 0 Å². The molecule has 6 aromatic carbocycles. The Balaban J connectivity index is 1.52. The van der Waals surface area contributed by atoms with E-state index in [4.69, 9.17) is 4.43 Å². The molecule has 0 radical (unpaired) electrons. The molecule has 6 rings (SSSR count). The van der Waals surface area contributed by atoms with Crippen molar-refractivity contribution >= 4 is 51.0 Å². The molecule has 0 bridgehead atoms. The second-order valence-electron chi connectivity index (χ2n) is 11.7. The van der Waals surface area contributed by atoms with Gasteiger partial charge < -0.3 is 4.43 Å². The summed E-state index contributed by atoms with van der Waals surface area (Å²) < 4.78 is 7.70. The normalized spacial score (nSPS) is 11.8. The van der Waals surface area contributed by atoms with Crippen LogP contribution in [-0.2, 0) is 0 Å². The highest BCUT2D eigenvalue weighted by Gasteiger charge is 2.43. The molecule has 0 aliphatic heterocycles. The van der Waals surface area contributed by atoms with Crippen LogP contribution in [-0.4, -0.2) is 8.32 Å². The lowest BCUT2D eigenvalue weighted by Crippen LogP contribution is -2.63. The first kappa shape index (κ1) is 28.2. The number of hydrogen-bond donors (Lipinski definition) is 0. The van der Waals surface area contributed by atoms with Gasteiger partial charge >= 0.3 is 8.32 Å². The lowest BCUT2D eigenvalue weighted by molar-refractivity contribution is 0.550. The highest BCUT2D eigenvalue weighted by Crippen LogP contribution is 2.32. The topological polar surface area (TPSA) is 9.23 Å². The Kier molecular flexibility index (Phi) is 9.01. The molecule has 0 aliphatic rings. The zero-order valence-electron chi connectivity index (χ0n) is 24.9. The van der Waals surface area contributed by atoms with E-state index in [9.17, 15) is 0 Å². The average Bonchev–Trinajstić information content (AvgIpc) is 3.05. The van der Waals surface area contributed by atoms with E-state index in [1.54, 1.807) is 0 Å². The van der Waals surface area contributed by atoms with Gasteiger partial charge in [0, 0.05) is 5.39 Å². The molecule has 0 saturated heterocycles. The molecular formula is C40H42OSi. The zero-order chi connectivity index (χ0) is 28.6. The van der Waals surface area contributed by atoms with Crippen molar-refractivity contribution in [1.82, 2.24) is 0 Å². The van der Waals surface area contributed by atoms with Crippen molar-refractivity contribution < 1.29 is 4.43 Å². The van der Waals surface area contributed by atoms with Crippen LogP contribution in [0.3, 0.4) is 0 Å². The van der Waals surface area contributed by atoms with Gasteiger partial charge in [0.05, 0.1) is 0 Å². The predicted molar refractivity (Wildman–Crippen MR) is 185 cm³/mol. The van der Waals surface area contributed by atoms with Crippen LogP contribution in [0.5, 0.6) is 5.75 Å². The molecular weight excluding hydrogens is 525 g/mol. The molecule has 42 heavy (non-hydrogen) atoms. The summed E-state index contributed by atoms with van der Waals surface area (Å²) in [7, 11) is -2.82. The van der Waals surface area contributed by atoms with Crippen LogP contribution in [0.1, 0.15) is 58.3 Å². The number of hydrogen-bond acceptors (Lipinski definition) is 1. The zero-order valence-corrected chi connectivity index (χ0v) is 25.9. The maximum Gasteiger partial charge on any atom is 0.315 e. The molecule has 0 atom stereocenters. The first-order valence-corrected chi connectivity index (χ1v) is 18.0. The van der Waals surface area contributed by atoms with E-state index in [1.807, 2.05) is 0 Å². The van der Waals surface area contributed by atoms with Gasteiger partial charge in [-0.3, -0.25) is 0 Å². The van der Waals surface area contributed by atoms with Crippen molar-refractivity contribution in [2.45, 2.75) is 64.3 Å². The molecule has 0 spiro atoms. The molecule has 0 N–H and O–H groups in total. The summed E-state index contributed by atoms with van der Waals surface area (Å²) in [5, 5.41) is 10.4. The van der Waals surface area contributed by atoms with Crippen LogP contribution in [0.2, 0.25) is 6.04 Å². The monoisotopic (exact) mass is 566 g/mol. The van der Waals surface area contributed by atoms with Crippen LogP contribution in [0.15, 0.2) is 127 Å². The van der Waals surface area contributed by atoms with E-state index in [2.05, 4.69) is 134 Å². The van der Waals surface area contributed by atoms with E-state index >= 15 is 0 Å². The maximum atomic E-state index is 7.70. The number of unbranched alkanes of at least 4 members (excludes halogenated alkanes) is 7. The van der Waals surface area contributed by atoms with Gasteiger partial charge in [-0.15, -0.1) is 0 Å². The number of rotatable bonds is 13. The molecule has 0 unspecified atom stereocenters. The second kappa shape index (κ2) is 13.4. The summed E-state index contributed by atoms with van der Waals surface area (Å²) in [6.45, 7) is 2.29. The second-order valence-corrected chi connectivity index (χ2v) is 15.1. The summed E-state index contributed by atoms with van der Waals surface area (Å²) in [6.07, 6.45) is 10.4. The van der Waals surface area contributed by atoms with Crippen molar-refractivity contribution in [3.8, 4) is 5.75 Å². The van der Waals surface area contributed by atoms with E-state index in [0.29, 0.717) is 0 Å². The van der Waals surface area contributed by atoms with Crippen molar-refractivity contribution in [3.05, 3.63) is 127 Å². The number of fused-ring (bicyclic) bond motifs is 3. The van der Waals surface area contributed by atoms with Gasteiger partial charge in [0.2, 0.25) is 0 Å². The average molecular weight is 567 g/mol. The summed E-state index contributed by atoms with van der Waals surface area (Å²) in [4.78, 5) is 0. The quantitative estimate of drug-likeness (QED) is 0.0998. The minimum atomic E-state index is -2.82. The summed E-state index contributed by atoms with van der Waals surface area (Å²) in [5.41, 5.74) is 0. The Morgan fingerprint density at radius 1 is 0.429 bits per heavy atom. The first-order chi connectivity index (χ1) is 20.8. The van der Waals surface area contributed by atoms with Crippen LogP contribution < -0.4 is 14.8 Å². The standard InChI is InChI=1S/C40H42OSi/c1-2-3-4-5-6-7-8-15-31-42(39-29-17-23-33-20-10-13-26-36(33)39,40-30-18-24-34-21-11-14-27-37(34)40)41-38-28-16-22-32-19-9-12-25-35(32)38/h9-14,16-30H,2-8,15,31H2,1H3. The number of benzene rings is 6. The third-order valence-corrected chi connectivity index (χ3v) is 13.1. The minimum absolute atomic E-state index is 1.00. The Morgan fingerprint density at radius 2 is 0.857 bits per heavy atom. The largest absolute Gasteiger partial charge is 0.534 e. The van der Waals surface area contributed by atoms with Crippen molar-refractivity contribution in [2.75, 3.05) is 0 Å². The third kappa shape index (κ3) is 5.87. The lowest BCUT2D eigenvalue weighted by atomic mass is 10.1. The minimum Gasteiger partial charge on any atom is -0.534 e. The predicted octanol–water partition coefficient (Wildman–Crippen LogP) is 10.4. The van der Waals surface area contributed by atoms with Gasteiger partial charge in [-0.1, -0.05) is 180 Å². The highest BCUT2D eigenvalue weighted by molar-refractivity contribution is 7.00. The summed E-state index contributed by atoms with van der Waals surface area (Å²) in [6, 6.07) is 47.7. The molecule has 212 valence electrons. The van der Waals surface area contributed by atoms with Gasteiger partial charge in [-0.2, -0.15) is 0 Å². The van der Waals surface area contributed by atoms with Gasteiger partial charge in [0.15, 0.2) is 0 Å². The molecule has 0 aromatic heterocycles. The van der Waals surface area contributed by atoms with Crippen LogP contribution in [0.4, 0.5) is 0 Å². The summed E-state index contributed by atoms with van der Waals surface area (Å²) in [5.74, 6) is 1.00. The Bertz CT molecular complexity index is 1680. The third-order valence-electron chi connectivity index (χ3n) is 8.87. The fourth-order valence-electron chi connectivity index (χ4n) is 6.71. The van der Waals surface area contributed by atoms with Crippen molar-refractivity contribution in [1.29, 1.82) is 0 Å². The van der Waals surface area contributed by atoms with Gasteiger partial charge in [-0.25, -0.2) is 0 Å². The first-order valence-electron chi connectivity index (χ1n) is 15.9. The fraction of sp³-hybridized carbons (Fsp3) is 0.250. The Morgan fingerprint density at radius 3 is 1.43 bits per heavy atom. The molecule has 1 nitrogen and oxygen atoms in total. The van der Waals surface area contributed by atoms with Gasteiger partial charge in [0.25, 0.3) is 0 Å². The molecule has 0 fully saturated rings. The van der Waals surface area contributed by atoms with Crippen LogP contribution in [0, 0.1) is 0 Å². The van der Waals surface area contributed by atoms with Crippen LogP contribution in [0.25, 0.3) is 32.3 Å². The highest BCUT2D eigenvalue weighted by atomic mass is 28.4. The smallest absolute Gasteiger partial charge is 0.315 e. The van der Waals surface area contributed by atoms with Gasteiger partial charge in [-0.05, 0) is 49.4 Å². The van der Waals surface area contributed by atoms with E-state index in [1.165, 1.54) is 87.6 Å². The molecule has 0 amide bonds. The molecule has 2 heteroatoms. The maximum absolute atomic E-state index is 7.70. The Labute approximate surface area is 252 Å². The molecule has 6 aromatic rings. The van der Waals surface area contributed by atoms with Gasteiger partial charge in [0.1, 0.15) is 5.75 Å². The molecule has 0 aliphatic carbocycles.